The smallest absolute Gasteiger partial charge is 0.332 e. The van der Waals surface area contributed by atoms with Crippen LogP contribution >= 0.6 is 11.8 Å². The van der Waals surface area contributed by atoms with Crippen LogP contribution < -0.4 is 5.32 Å². The van der Waals surface area contributed by atoms with Gasteiger partial charge < -0.3 is 10.1 Å². The first-order valence-corrected chi connectivity index (χ1v) is 8.84. The van der Waals surface area contributed by atoms with Gasteiger partial charge in [0, 0.05) is 17.5 Å². The van der Waals surface area contributed by atoms with Crippen LogP contribution in [0.5, 0.6) is 0 Å². The van der Waals surface area contributed by atoms with Gasteiger partial charge in [-0.05, 0) is 37.0 Å². The quantitative estimate of drug-likeness (QED) is 0.466. The second-order valence-electron chi connectivity index (χ2n) is 5.52. The molecule has 0 aliphatic heterocycles. The van der Waals surface area contributed by atoms with Crippen molar-refractivity contribution < 1.29 is 14.3 Å². The van der Waals surface area contributed by atoms with E-state index in [1.165, 1.54) is 17.8 Å². The highest BCUT2D eigenvalue weighted by molar-refractivity contribution is 8.02. The standard InChI is InChI=1S/C20H21NO3S/c1-15-8-10-17(11-9-15)14-21-20(23)16(2)24-19(22)12-13-25-18-6-4-3-5-7-18/h3-13,16H,14H2,1-2H3,(H,21,23)/b13-12+/t16-/m0/s1. The van der Waals surface area contributed by atoms with Crippen molar-refractivity contribution in [3.63, 3.8) is 0 Å². The van der Waals surface area contributed by atoms with Crippen molar-refractivity contribution in [1.29, 1.82) is 0 Å². The summed E-state index contributed by atoms with van der Waals surface area (Å²) < 4.78 is 5.11. The van der Waals surface area contributed by atoms with E-state index in [1.54, 1.807) is 12.3 Å². The molecule has 0 heterocycles. The molecule has 2 rings (SSSR count). The van der Waals surface area contributed by atoms with E-state index in [4.69, 9.17) is 4.74 Å². The van der Waals surface area contributed by atoms with Crippen LogP contribution in [0.15, 0.2) is 71.0 Å². The summed E-state index contributed by atoms with van der Waals surface area (Å²) in [5.74, 6) is -0.862. The molecule has 0 saturated heterocycles. The number of carbonyl (C=O) groups is 2. The number of ether oxygens (including phenoxy) is 1. The lowest BCUT2D eigenvalue weighted by Gasteiger charge is -2.12. The van der Waals surface area contributed by atoms with Crippen LogP contribution in [-0.2, 0) is 20.9 Å². The SMILES string of the molecule is Cc1ccc(CNC(=O)[C@H](C)OC(=O)/C=C/Sc2ccccc2)cc1. The molecule has 0 spiro atoms. The Kier molecular flexibility index (Phi) is 7.29. The molecule has 0 saturated carbocycles. The van der Waals surface area contributed by atoms with Crippen molar-refractivity contribution in [1.82, 2.24) is 5.32 Å². The molecule has 0 aliphatic carbocycles. The van der Waals surface area contributed by atoms with Gasteiger partial charge in [0.05, 0.1) is 0 Å². The zero-order valence-electron chi connectivity index (χ0n) is 14.3. The maximum absolute atomic E-state index is 12.0. The Hall–Kier alpha value is -2.53. The van der Waals surface area contributed by atoms with Gasteiger partial charge >= 0.3 is 5.97 Å². The normalized spacial score (nSPS) is 11.9. The fourth-order valence-electron chi connectivity index (χ4n) is 1.97. The number of thioether (sulfide) groups is 1. The molecule has 0 radical (unpaired) electrons. The Labute approximate surface area is 152 Å². The molecule has 1 atom stereocenters. The lowest BCUT2D eigenvalue weighted by Crippen LogP contribution is -2.35. The molecular formula is C20H21NO3S. The van der Waals surface area contributed by atoms with Crippen LogP contribution in [0.3, 0.4) is 0 Å². The highest BCUT2D eigenvalue weighted by Gasteiger charge is 2.15. The summed E-state index contributed by atoms with van der Waals surface area (Å²) in [6.45, 7) is 3.97. The Bertz CT molecular complexity index is 726. The molecule has 0 bridgehead atoms. The van der Waals surface area contributed by atoms with E-state index in [1.807, 2.05) is 61.5 Å². The van der Waals surface area contributed by atoms with Crippen molar-refractivity contribution in [3.8, 4) is 0 Å². The number of rotatable bonds is 7. The molecule has 0 fully saturated rings. The maximum Gasteiger partial charge on any atom is 0.332 e. The monoisotopic (exact) mass is 355 g/mol. The van der Waals surface area contributed by atoms with Gasteiger partial charge in [0.15, 0.2) is 6.10 Å². The predicted molar refractivity (Wildman–Crippen MR) is 100 cm³/mol. The number of carbonyl (C=O) groups excluding carboxylic acids is 2. The molecule has 2 aromatic rings. The van der Waals surface area contributed by atoms with Crippen molar-refractivity contribution in [2.75, 3.05) is 0 Å². The first-order valence-electron chi connectivity index (χ1n) is 7.97. The van der Waals surface area contributed by atoms with Crippen LogP contribution in [0.2, 0.25) is 0 Å². The number of esters is 1. The van der Waals surface area contributed by atoms with Gasteiger partial charge in [0.1, 0.15) is 0 Å². The minimum Gasteiger partial charge on any atom is -0.449 e. The van der Waals surface area contributed by atoms with Crippen molar-refractivity contribution in [3.05, 3.63) is 77.2 Å². The second-order valence-corrected chi connectivity index (χ2v) is 6.50. The summed E-state index contributed by atoms with van der Waals surface area (Å²) in [5.41, 5.74) is 2.16. The highest BCUT2D eigenvalue weighted by atomic mass is 32.2. The molecule has 0 aromatic heterocycles. The third kappa shape index (κ3) is 6.85. The summed E-state index contributed by atoms with van der Waals surface area (Å²) in [4.78, 5) is 24.8. The largest absolute Gasteiger partial charge is 0.449 e. The molecular weight excluding hydrogens is 334 g/mol. The molecule has 1 amide bonds. The summed E-state index contributed by atoms with van der Waals surface area (Å²) in [7, 11) is 0. The fourth-order valence-corrected chi connectivity index (χ4v) is 2.62. The Morgan fingerprint density at radius 1 is 1.12 bits per heavy atom. The molecule has 130 valence electrons. The first kappa shape index (κ1) is 18.8. The molecule has 0 aliphatic rings. The number of nitrogens with one attached hydrogen (secondary N) is 1. The summed E-state index contributed by atoms with van der Waals surface area (Å²) in [6, 6.07) is 17.6. The van der Waals surface area contributed by atoms with Gasteiger partial charge in [0.25, 0.3) is 5.91 Å². The summed E-state index contributed by atoms with van der Waals surface area (Å²) in [6.07, 6.45) is 0.478. The third-order valence-corrected chi connectivity index (χ3v) is 4.22. The average Bonchev–Trinajstić information content (AvgIpc) is 2.61. The number of benzene rings is 2. The van der Waals surface area contributed by atoms with E-state index in [-0.39, 0.29) is 5.91 Å². The van der Waals surface area contributed by atoms with Crippen molar-refractivity contribution in [2.45, 2.75) is 31.4 Å². The Balaban J connectivity index is 1.73. The zero-order chi connectivity index (χ0) is 18.1. The topological polar surface area (TPSA) is 55.4 Å². The number of hydrogen-bond donors (Lipinski definition) is 1. The highest BCUT2D eigenvalue weighted by Crippen LogP contribution is 2.17. The van der Waals surface area contributed by atoms with Crippen LogP contribution in [0.1, 0.15) is 18.1 Å². The Morgan fingerprint density at radius 3 is 2.48 bits per heavy atom. The fraction of sp³-hybridized carbons (Fsp3) is 0.200. The van der Waals surface area contributed by atoms with Crippen LogP contribution in [0, 0.1) is 6.92 Å². The number of amides is 1. The van der Waals surface area contributed by atoms with Crippen molar-refractivity contribution >= 4 is 23.6 Å². The van der Waals surface area contributed by atoms with Gasteiger partial charge in [-0.3, -0.25) is 4.79 Å². The number of hydrogen-bond acceptors (Lipinski definition) is 4. The van der Waals surface area contributed by atoms with Crippen molar-refractivity contribution in [2.24, 2.45) is 0 Å². The lowest BCUT2D eigenvalue weighted by molar-refractivity contribution is -0.150. The molecule has 1 N–H and O–H groups in total. The Morgan fingerprint density at radius 2 is 1.80 bits per heavy atom. The molecule has 5 heteroatoms. The molecule has 4 nitrogen and oxygen atoms in total. The van der Waals surface area contributed by atoms with Gasteiger partial charge in [-0.25, -0.2) is 4.79 Å². The third-order valence-electron chi connectivity index (χ3n) is 3.40. The maximum atomic E-state index is 12.0. The van der Waals surface area contributed by atoms with Gasteiger partial charge in [-0.1, -0.05) is 59.8 Å². The summed E-state index contributed by atoms with van der Waals surface area (Å²) >= 11 is 1.41. The van der Waals surface area contributed by atoms with E-state index < -0.39 is 12.1 Å². The van der Waals surface area contributed by atoms with Gasteiger partial charge in [-0.2, -0.15) is 0 Å². The zero-order valence-corrected chi connectivity index (χ0v) is 15.1. The second kappa shape index (κ2) is 9.69. The summed E-state index contributed by atoms with van der Waals surface area (Å²) in [5, 5.41) is 4.41. The van der Waals surface area contributed by atoms with Crippen LogP contribution in [0.25, 0.3) is 0 Å². The van der Waals surface area contributed by atoms with Crippen LogP contribution in [-0.4, -0.2) is 18.0 Å². The average molecular weight is 355 g/mol. The van der Waals surface area contributed by atoms with Crippen LogP contribution in [0.4, 0.5) is 0 Å². The molecule has 25 heavy (non-hydrogen) atoms. The molecule has 2 aromatic carbocycles. The van der Waals surface area contributed by atoms with E-state index in [0.29, 0.717) is 6.54 Å². The minimum absolute atomic E-state index is 0.321. The first-order chi connectivity index (χ1) is 12.0. The van der Waals surface area contributed by atoms with E-state index in [2.05, 4.69) is 5.32 Å². The van der Waals surface area contributed by atoms with E-state index in [0.717, 1.165) is 16.0 Å². The number of aryl methyl sites for hydroxylation is 1. The minimum atomic E-state index is -0.843. The van der Waals surface area contributed by atoms with E-state index >= 15 is 0 Å². The van der Waals surface area contributed by atoms with Gasteiger partial charge in [-0.15, -0.1) is 0 Å². The van der Waals surface area contributed by atoms with E-state index in [9.17, 15) is 9.59 Å². The predicted octanol–water partition coefficient (Wildman–Crippen LogP) is 3.85. The lowest BCUT2D eigenvalue weighted by atomic mass is 10.1. The van der Waals surface area contributed by atoms with Gasteiger partial charge in [0.2, 0.25) is 0 Å². The molecule has 0 unspecified atom stereocenters.